The van der Waals surface area contributed by atoms with Crippen molar-refractivity contribution in [1.29, 1.82) is 0 Å². The summed E-state index contributed by atoms with van der Waals surface area (Å²) in [7, 11) is 0. The maximum atomic E-state index is 3.55. The molecule has 0 aromatic heterocycles. The summed E-state index contributed by atoms with van der Waals surface area (Å²) in [5.74, 6) is 0. The van der Waals surface area contributed by atoms with Gasteiger partial charge in [-0.25, -0.2) is 0 Å². The Kier molecular flexibility index (Phi) is 3.78. The number of benzene rings is 1. The highest BCUT2D eigenvalue weighted by molar-refractivity contribution is 9.10. The van der Waals surface area contributed by atoms with E-state index in [2.05, 4.69) is 51.7 Å². The second-order valence-corrected chi connectivity index (χ2v) is 4.82. The van der Waals surface area contributed by atoms with E-state index < -0.39 is 0 Å². The molecule has 0 spiro atoms. The van der Waals surface area contributed by atoms with Crippen LogP contribution in [0, 0.1) is 0 Å². The van der Waals surface area contributed by atoms with E-state index in [-0.39, 0.29) is 0 Å². The Morgan fingerprint density at radius 1 is 1.53 bits per heavy atom. The van der Waals surface area contributed by atoms with E-state index in [1.807, 2.05) is 0 Å². The molecule has 1 atom stereocenters. The Morgan fingerprint density at radius 3 is 3.20 bits per heavy atom. The van der Waals surface area contributed by atoms with Crippen LogP contribution in [0.2, 0.25) is 0 Å². The van der Waals surface area contributed by atoms with Gasteiger partial charge in [0, 0.05) is 17.1 Å². The predicted molar refractivity (Wildman–Crippen MR) is 67.1 cm³/mol. The monoisotopic (exact) mass is 268 g/mol. The van der Waals surface area contributed by atoms with E-state index in [9.17, 15) is 0 Å². The zero-order chi connectivity index (χ0) is 10.7. The zero-order valence-corrected chi connectivity index (χ0v) is 10.6. The highest BCUT2D eigenvalue weighted by Gasteiger charge is 2.18. The molecule has 2 rings (SSSR count). The SMILES string of the molecule is CCNCC1NCCc2ccc(Br)cc21. The quantitative estimate of drug-likeness (QED) is 0.879. The topological polar surface area (TPSA) is 24.1 Å². The zero-order valence-electron chi connectivity index (χ0n) is 9.02. The number of rotatable bonds is 3. The smallest absolute Gasteiger partial charge is 0.0450 e. The lowest BCUT2D eigenvalue weighted by molar-refractivity contribution is 0.474. The molecule has 82 valence electrons. The normalized spacial score (nSPS) is 20.0. The van der Waals surface area contributed by atoms with Gasteiger partial charge in [-0.2, -0.15) is 0 Å². The van der Waals surface area contributed by atoms with Crippen molar-refractivity contribution in [2.24, 2.45) is 0 Å². The highest BCUT2D eigenvalue weighted by Crippen LogP contribution is 2.25. The van der Waals surface area contributed by atoms with Gasteiger partial charge in [0.25, 0.3) is 0 Å². The highest BCUT2D eigenvalue weighted by atomic mass is 79.9. The third-order valence-electron chi connectivity index (χ3n) is 2.87. The fourth-order valence-electron chi connectivity index (χ4n) is 2.08. The minimum Gasteiger partial charge on any atom is -0.315 e. The third-order valence-corrected chi connectivity index (χ3v) is 3.36. The lowest BCUT2D eigenvalue weighted by Crippen LogP contribution is -2.36. The molecular weight excluding hydrogens is 252 g/mol. The Hall–Kier alpha value is -0.380. The van der Waals surface area contributed by atoms with Gasteiger partial charge in [-0.15, -0.1) is 0 Å². The summed E-state index contributed by atoms with van der Waals surface area (Å²) in [6, 6.07) is 7.07. The largest absolute Gasteiger partial charge is 0.315 e. The molecule has 0 fully saturated rings. The lowest BCUT2D eigenvalue weighted by Gasteiger charge is -2.27. The summed E-state index contributed by atoms with van der Waals surface area (Å²) in [6.45, 7) is 5.27. The fourth-order valence-corrected chi connectivity index (χ4v) is 2.46. The number of hydrogen-bond donors (Lipinski definition) is 2. The first-order valence-corrected chi connectivity index (χ1v) is 6.33. The standard InChI is InChI=1S/C12H17BrN2/c1-2-14-8-12-11-7-10(13)4-3-9(11)5-6-15-12/h3-4,7,12,14-15H,2,5-6,8H2,1H3. The fraction of sp³-hybridized carbons (Fsp3) is 0.500. The van der Waals surface area contributed by atoms with Gasteiger partial charge in [0.05, 0.1) is 0 Å². The summed E-state index contributed by atoms with van der Waals surface area (Å²) in [6.07, 6.45) is 1.14. The molecule has 0 aliphatic carbocycles. The minimum atomic E-state index is 0.464. The third kappa shape index (κ3) is 2.60. The second-order valence-electron chi connectivity index (χ2n) is 3.91. The molecule has 0 saturated heterocycles. The molecular formula is C12H17BrN2. The van der Waals surface area contributed by atoms with Crippen LogP contribution in [0.5, 0.6) is 0 Å². The molecule has 1 aromatic carbocycles. The summed E-state index contributed by atoms with van der Waals surface area (Å²) in [5, 5.41) is 6.95. The van der Waals surface area contributed by atoms with Gasteiger partial charge in [-0.1, -0.05) is 28.9 Å². The Bertz CT molecular complexity index is 338. The van der Waals surface area contributed by atoms with Gasteiger partial charge in [0.2, 0.25) is 0 Å². The van der Waals surface area contributed by atoms with Crippen molar-refractivity contribution in [3.8, 4) is 0 Å². The molecule has 2 N–H and O–H groups in total. The average molecular weight is 269 g/mol. The number of likely N-dealkylation sites (N-methyl/N-ethyl adjacent to an activating group) is 1. The minimum absolute atomic E-state index is 0.464. The van der Waals surface area contributed by atoms with E-state index in [1.165, 1.54) is 15.6 Å². The van der Waals surface area contributed by atoms with Gasteiger partial charge in [-0.3, -0.25) is 0 Å². The molecule has 0 bridgehead atoms. The number of hydrogen-bond acceptors (Lipinski definition) is 2. The van der Waals surface area contributed by atoms with Crippen molar-refractivity contribution >= 4 is 15.9 Å². The van der Waals surface area contributed by atoms with E-state index in [4.69, 9.17) is 0 Å². The number of fused-ring (bicyclic) bond motifs is 1. The van der Waals surface area contributed by atoms with Crippen LogP contribution < -0.4 is 10.6 Å². The second kappa shape index (κ2) is 5.10. The maximum absolute atomic E-state index is 3.55. The first kappa shape index (κ1) is 11.1. The molecule has 1 aliphatic heterocycles. The lowest BCUT2D eigenvalue weighted by atomic mass is 9.94. The van der Waals surface area contributed by atoms with Crippen LogP contribution in [-0.4, -0.2) is 19.6 Å². The van der Waals surface area contributed by atoms with E-state index in [1.54, 1.807) is 0 Å². The summed E-state index contributed by atoms with van der Waals surface area (Å²) in [5.41, 5.74) is 2.93. The van der Waals surface area contributed by atoms with Crippen molar-refractivity contribution in [2.45, 2.75) is 19.4 Å². The Balaban J connectivity index is 2.20. The van der Waals surface area contributed by atoms with Crippen molar-refractivity contribution in [1.82, 2.24) is 10.6 Å². The molecule has 1 aliphatic rings. The van der Waals surface area contributed by atoms with Crippen molar-refractivity contribution < 1.29 is 0 Å². The summed E-state index contributed by atoms with van der Waals surface area (Å²) >= 11 is 3.54. The summed E-state index contributed by atoms with van der Waals surface area (Å²) in [4.78, 5) is 0. The predicted octanol–water partition coefficient (Wildman–Crippen LogP) is 2.25. The van der Waals surface area contributed by atoms with Gasteiger partial charge in [0.1, 0.15) is 0 Å². The number of halogens is 1. The van der Waals surface area contributed by atoms with E-state index in [0.29, 0.717) is 6.04 Å². The molecule has 0 radical (unpaired) electrons. The molecule has 2 nitrogen and oxygen atoms in total. The Morgan fingerprint density at radius 2 is 2.40 bits per heavy atom. The van der Waals surface area contributed by atoms with Crippen LogP contribution >= 0.6 is 15.9 Å². The summed E-state index contributed by atoms with van der Waals surface area (Å²) < 4.78 is 1.17. The van der Waals surface area contributed by atoms with Crippen LogP contribution in [-0.2, 0) is 6.42 Å². The Labute approximate surface area is 99.6 Å². The average Bonchev–Trinajstić information content (AvgIpc) is 2.26. The van der Waals surface area contributed by atoms with Crippen LogP contribution in [0.15, 0.2) is 22.7 Å². The van der Waals surface area contributed by atoms with Crippen molar-refractivity contribution in [3.63, 3.8) is 0 Å². The van der Waals surface area contributed by atoms with Crippen molar-refractivity contribution in [2.75, 3.05) is 19.6 Å². The first-order valence-electron chi connectivity index (χ1n) is 5.53. The van der Waals surface area contributed by atoms with Crippen molar-refractivity contribution in [3.05, 3.63) is 33.8 Å². The first-order chi connectivity index (χ1) is 7.31. The van der Waals surface area contributed by atoms with E-state index >= 15 is 0 Å². The van der Waals surface area contributed by atoms with Gasteiger partial charge < -0.3 is 10.6 Å². The molecule has 1 aromatic rings. The molecule has 0 saturated carbocycles. The molecule has 1 unspecified atom stereocenters. The van der Waals surface area contributed by atoms with Gasteiger partial charge in [-0.05, 0) is 42.8 Å². The molecule has 0 amide bonds. The molecule has 15 heavy (non-hydrogen) atoms. The van der Waals surface area contributed by atoms with Gasteiger partial charge in [0.15, 0.2) is 0 Å². The number of nitrogens with one attached hydrogen (secondary N) is 2. The molecule has 3 heteroatoms. The maximum Gasteiger partial charge on any atom is 0.0450 e. The van der Waals surface area contributed by atoms with Gasteiger partial charge >= 0.3 is 0 Å². The van der Waals surface area contributed by atoms with Crippen LogP contribution in [0.4, 0.5) is 0 Å². The van der Waals surface area contributed by atoms with Crippen LogP contribution in [0.1, 0.15) is 24.1 Å². The van der Waals surface area contributed by atoms with Crippen LogP contribution in [0.25, 0.3) is 0 Å². The van der Waals surface area contributed by atoms with Crippen LogP contribution in [0.3, 0.4) is 0 Å². The van der Waals surface area contributed by atoms with E-state index in [0.717, 1.165) is 26.1 Å². The molecule has 1 heterocycles.